The van der Waals surface area contributed by atoms with E-state index in [2.05, 4.69) is 15.2 Å². The normalized spacial score (nSPS) is 10.4. The number of halogens is 1. The lowest BCUT2D eigenvalue weighted by Crippen LogP contribution is -2.29. The van der Waals surface area contributed by atoms with Gasteiger partial charge in [0.2, 0.25) is 0 Å². The molecule has 0 saturated heterocycles. The first kappa shape index (κ1) is 13.5. The van der Waals surface area contributed by atoms with E-state index in [9.17, 15) is 4.39 Å². The highest BCUT2D eigenvalue weighted by molar-refractivity contribution is 5.45. The molecule has 0 bridgehead atoms. The molecule has 4 heteroatoms. The lowest BCUT2D eigenvalue weighted by molar-refractivity contribution is 0.627. The molecule has 0 amide bonds. The van der Waals surface area contributed by atoms with E-state index in [-0.39, 0.29) is 5.82 Å². The van der Waals surface area contributed by atoms with Gasteiger partial charge in [-0.3, -0.25) is 4.98 Å². The topological polar surface area (TPSA) is 28.2 Å². The number of hydrogen-bond donors (Lipinski definition) is 1. The van der Waals surface area contributed by atoms with Crippen LogP contribution in [-0.2, 0) is 6.54 Å². The van der Waals surface area contributed by atoms with Crippen LogP contribution < -0.4 is 10.2 Å². The van der Waals surface area contributed by atoms with Crippen molar-refractivity contribution < 1.29 is 4.39 Å². The standard InChI is InChI=1S/C15H18FN3/c1-19(15-7-5-13(16)6-8-15)11-10-17-12-14-4-2-3-9-18-14/h2-9,17H,10-12H2,1H3. The minimum Gasteiger partial charge on any atom is -0.373 e. The van der Waals surface area contributed by atoms with Gasteiger partial charge in [-0.2, -0.15) is 0 Å². The third kappa shape index (κ3) is 4.34. The minimum absolute atomic E-state index is 0.203. The Morgan fingerprint density at radius 1 is 1.16 bits per heavy atom. The predicted molar refractivity (Wildman–Crippen MR) is 75.6 cm³/mol. The molecule has 19 heavy (non-hydrogen) atoms. The van der Waals surface area contributed by atoms with Crippen LogP contribution in [0.4, 0.5) is 10.1 Å². The fourth-order valence-electron chi connectivity index (χ4n) is 1.79. The number of nitrogens with one attached hydrogen (secondary N) is 1. The molecule has 0 fully saturated rings. The highest BCUT2D eigenvalue weighted by Crippen LogP contribution is 2.12. The quantitative estimate of drug-likeness (QED) is 0.808. The summed E-state index contributed by atoms with van der Waals surface area (Å²) in [4.78, 5) is 6.33. The van der Waals surface area contributed by atoms with Gasteiger partial charge in [-0.1, -0.05) is 6.07 Å². The third-order valence-electron chi connectivity index (χ3n) is 2.92. The maximum absolute atomic E-state index is 12.8. The predicted octanol–water partition coefficient (Wildman–Crippen LogP) is 2.45. The number of aromatic nitrogens is 1. The van der Waals surface area contributed by atoms with E-state index >= 15 is 0 Å². The van der Waals surface area contributed by atoms with Gasteiger partial charge < -0.3 is 10.2 Å². The number of pyridine rings is 1. The van der Waals surface area contributed by atoms with Crippen LogP contribution in [0.1, 0.15) is 5.69 Å². The van der Waals surface area contributed by atoms with Crippen LogP contribution in [-0.4, -0.2) is 25.1 Å². The molecule has 2 aromatic rings. The molecule has 0 aliphatic carbocycles. The Kier molecular flexibility index (Phi) is 4.86. The highest BCUT2D eigenvalue weighted by Gasteiger charge is 2.00. The monoisotopic (exact) mass is 259 g/mol. The minimum atomic E-state index is -0.203. The number of likely N-dealkylation sites (N-methyl/N-ethyl adjacent to an activating group) is 1. The molecule has 1 aromatic carbocycles. The Hall–Kier alpha value is -1.94. The molecular formula is C15H18FN3. The molecule has 0 aliphatic heterocycles. The zero-order valence-corrected chi connectivity index (χ0v) is 11.0. The molecule has 0 spiro atoms. The number of hydrogen-bond acceptors (Lipinski definition) is 3. The second-order valence-electron chi connectivity index (χ2n) is 4.40. The van der Waals surface area contributed by atoms with Crippen LogP contribution in [0.25, 0.3) is 0 Å². The van der Waals surface area contributed by atoms with E-state index in [4.69, 9.17) is 0 Å². The van der Waals surface area contributed by atoms with Crippen molar-refractivity contribution >= 4 is 5.69 Å². The summed E-state index contributed by atoms with van der Waals surface area (Å²) in [6.07, 6.45) is 1.79. The molecule has 0 atom stereocenters. The van der Waals surface area contributed by atoms with Crippen LogP contribution in [0.2, 0.25) is 0 Å². The largest absolute Gasteiger partial charge is 0.373 e. The average Bonchev–Trinajstić information content (AvgIpc) is 2.45. The summed E-state index contributed by atoms with van der Waals surface area (Å²) in [5.41, 5.74) is 2.05. The van der Waals surface area contributed by atoms with Crippen LogP contribution in [0, 0.1) is 5.82 Å². The highest BCUT2D eigenvalue weighted by atomic mass is 19.1. The molecule has 100 valence electrons. The SMILES string of the molecule is CN(CCNCc1ccccn1)c1ccc(F)cc1. The van der Waals surface area contributed by atoms with Crippen molar-refractivity contribution in [1.82, 2.24) is 10.3 Å². The summed E-state index contributed by atoms with van der Waals surface area (Å²) in [5, 5.41) is 3.34. The average molecular weight is 259 g/mol. The first-order chi connectivity index (χ1) is 9.25. The van der Waals surface area contributed by atoms with Gasteiger partial charge in [-0.15, -0.1) is 0 Å². The van der Waals surface area contributed by atoms with Crippen molar-refractivity contribution in [2.24, 2.45) is 0 Å². The number of nitrogens with zero attached hydrogens (tertiary/aromatic N) is 2. The summed E-state index contributed by atoms with van der Waals surface area (Å²) in [6.45, 7) is 2.47. The van der Waals surface area contributed by atoms with Gasteiger partial charge in [-0.25, -0.2) is 4.39 Å². The second-order valence-corrected chi connectivity index (χ2v) is 4.40. The van der Waals surface area contributed by atoms with E-state index in [1.165, 1.54) is 12.1 Å². The van der Waals surface area contributed by atoms with E-state index in [1.54, 1.807) is 18.3 Å². The van der Waals surface area contributed by atoms with Crippen molar-refractivity contribution in [2.45, 2.75) is 6.54 Å². The molecule has 0 aliphatic rings. The van der Waals surface area contributed by atoms with Crippen molar-refractivity contribution in [3.05, 3.63) is 60.2 Å². The first-order valence-electron chi connectivity index (χ1n) is 6.33. The summed E-state index contributed by atoms with van der Waals surface area (Å²) in [7, 11) is 2.00. The lowest BCUT2D eigenvalue weighted by atomic mass is 10.3. The molecule has 3 nitrogen and oxygen atoms in total. The Morgan fingerprint density at radius 3 is 2.63 bits per heavy atom. The van der Waals surface area contributed by atoms with Gasteiger partial charge in [0.05, 0.1) is 5.69 Å². The Balaban J connectivity index is 1.72. The smallest absolute Gasteiger partial charge is 0.123 e. The van der Waals surface area contributed by atoms with Gasteiger partial charge in [0.25, 0.3) is 0 Å². The third-order valence-corrected chi connectivity index (χ3v) is 2.92. The van der Waals surface area contributed by atoms with E-state index < -0.39 is 0 Å². The van der Waals surface area contributed by atoms with E-state index in [1.807, 2.05) is 25.2 Å². The van der Waals surface area contributed by atoms with Gasteiger partial charge in [-0.05, 0) is 36.4 Å². The van der Waals surface area contributed by atoms with Gasteiger partial charge in [0.1, 0.15) is 5.82 Å². The second kappa shape index (κ2) is 6.85. The van der Waals surface area contributed by atoms with Crippen LogP contribution in [0.15, 0.2) is 48.7 Å². The first-order valence-corrected chi connectivity index (χ1v) is 6.33. The molecule has 0 saturated carbocycles. The van der Waals surface area contributed by atoms with Crippen molar-refractivity contribution in [3.63, 3.8) is 0 Å². The molecule has 1 heterocycles. The molecule has 0 radical (unpaired) electrons. The van der Waals surface area contributed by atoms with Crippen molar-refractivity contribution in [3.8, 4) is 0 Å². The molecule has 1 N–H and O–H groups in total. The number of benzene rings is 1. The Labute approximate surface area is 113 Å². The molecule has 0 unspecified atom stereocenters. The van der Waals surface area contributed by atoms with Crippen LogP contribution >= 0.6 is 0 Å². The van der Waals surface area contributed by atoms with E-state index in [0.717, 1.165) is 31.0 Å². The molecular weight excluding hydrogens is 241 g/mol. The fourth-order valence-corrected chi connectivity index (χ4v) is 1.79. The maximum atomic E-state index is 12.8. The van der Waals surface area contributed by atoms with E-state index in [0.29, 0.717) is 0 Å². The summed E-state index contributed by atoms with van der Waals surface area (Å²) in [5.74, 6) is -0.203. The van der Waals surface area contributed by atoms with Gasteiger partial charge >= 0.3 is 0 Å². The summed E-state index contributed by atoms with van der Waals surface area (Å²) < 4.78 is 12.8. The Morgan fingerprint density at radius 2 is 1.95 bits per heavy atom. The van der Waals surface area contributed by atoms with Gasteiger partial charge in [0.15, 0.2) is 0 Å². The van der Waals surface area contributed by atoms with Crippen molar-refractivity contribution in [1.29, 1.82) is 0 Å². The zero-order valence-electron chi connectivity index (χ0n) is 11.0. The maximum Gasteiger partial charge on any atom is 0.123 e. The molecule has 2 rings (SSSR count). The zero-order chi connectivity index (χ0) is 13.5. The fraction of sp³-hybridized carbons (Fsp3) is 0.267. The van der Waals surface area contributed by atoms with Crippen LogP contribution in [0.5, 0.6) is 0 Å². The van der Waals surface area contributed by atoms with Crippen molar-refractivity contribution in [2.75, 3.05) is 25.0 Å². The van der Waals surface area contributed by atoms with Crippen LogP contribution in [0.3, 0.4) is 0 Å². The lowest BCUT2D eigenvalue weighted by Gasteiger charge is -2.19. The van der Waals surface area contributed by atoms with Gasteiger partial charge in [0, 0.05) is 38.6 Å². The summed E-state index contributed by atoms with van der Waals surface area (Å²) in [6, 6.07) is 12.4. The molecule has 1 aromatic heterocycles. The summed E-state index contributed by atoms with van der Waals surface area (Å²) >= 11 is 0. The number of anilines is 1. The number of rotatable bonds is 6. The Bertz CT molecular complexity index is 485.